The van der Waals surface area contributed by atoms with Crippen molar-refractivity contribution in [2.45, 2.75) is 38.7 Å². The summed E-state index contributed by atoms with van der Waals surface area (Å²) < 4.78 is 38.8. The normalized spacial score (nSPS) is 12.1. The van der Waals surface area contributed by atoms with Crippen molar-refractivity contribution in [1.29, 1.82) is 0 Å². The predicted molar refractivity (Wildman–Crippen MR) is 147 cm³/mol. The van der Waals surface area contributed by atoms with Crippen LogP contribution in [0.2, 0.25) is 0 Å². The number of methoxy groups -OCH3 is 1. The van der Waals surface area contributed by atoms with E-state index in [2.05, 4.69) is 14.7 Å². The average Bonchev–Trinajstić information content (AvgIpc) is 3.19. The van der Waals surface area contributed by atoms with Crippen molar-refractivity contribution in [3.05, 3.63) is 92.5 Å². The average molecular weight is 566 g/mol. The summed E-state index contributed by atoms with van der Waals surface area (Å²) in [6, 6.07) is 11.7. The molecule has 40 heavy (non-hydrogen) atoms. The summed E-state index contributed by atoms with van der Waals surface area (Å²) in [5.74, 6) is -2.23. The fraction of sp³-hybridized carbons (Fsp3) is 0.214. The second-order valence-electron chi connectivity index (χ2n) is 9.26. The molecule has 2 aromatic carbocycles. The summed E-state index contributed by atoms with van der Waals surface area (Å²) in [6.07, 6.45) is -1.31. The summed E-state index contributed by atoms with van der Waals surface area (Å²) in [6.45, 7) is 6.35. The molecule has 2 aromatic heterocycles. The molecule has 4 rings (SSSR count). The van der Waals surface area contributed by atoms with Crippen molar-refractivity contribution < 1.29 is 32.3 Å². The van der Waals surface area contributed by atoms with Crippen LogP contribution in [0.4, 0.5) is 5.69 Å². The van der Waals surface area contributed by atoms with Gasteiger partial charge in [0.1, 0.15) is 0 Å². The van der Waals surface area contributed by atoms with Crippen LogP contribution in [0.1, 0.15) is 54.9 Å². The summed E-state index contributed by atoms with van der Waals surface area (Å²) in [4.78, 5) is 55.9. The molecule has 12 heteroatoms. The molecule has 11 nitrogen and oxygen atoms in total. The fourth-order valence-electron chi connectivity index (χ4n) is 4.38. The van der Waals surface area contributed by atoms with Gasteiger partial charge in [-0.3, -0.25) is 14.3 Å². The zero-order chi connectivity index (χ0) is 29.4. The van der Waals surface area contributed by atoms with E-state index >= 15 is 0 Å². The number of aromatic amines is 2. The Morgan fingerprint density at radius 3 is 2.35 bits per heavy atom. The molecule has 2 heterocycles. The molecule has 1 atom stereocenters. The second kappa shape index (κ2) is 10.8. The summed E-state index contributed by atoms with van der Waals surface area (Å²) in [7, 11) is -2.83. The van der Waals surface area contributed by atoms with Crippen molar-refractivity contribution in [2.24, 2.45) is 0 Å². The maximum Gasteiger partial charge on any atom is 0.339 e. The van der Waals surface area contributed by atoms with Gasteiger partial charge in [-0.15, -0.1) is 0 Å². The first kappa shape index (κ1) is 28.3. The number of anilines is 1. The number of Topliss-reactive ketones (excluding diaryl/α,β-unsaturated/α-hetero) is 1. The minimum atomic E-state index is -4.05. The minimum absolute atomic E-state index is 0.0737. The third kappa shape index (κ3) is 5.52. The molecule has 0 saturated carbocycles. The van der Waals surface area contributed by atoms with Crippen LogP contribution in [-0.4, -0.2) is 49.3 Å². The van der Waals surface area contributed by atoms with E-state index in [-0.39, 0.29) is 32.6 Å². The number of carbonyl (C=O) groups is 3. The summed E-state index contributed by atoms with van der Waals surface area (Å²) in [5.41, 5.74) is 1.62. The maximum atomic E-state index is 13.2. The van der Waals surface area contributed by atoms with Gasteiger partial charge in [0.25, 0.3) is 10.0 Å². The van der Waals surface area contributed by atoms with E-state index in [4.69, 9.17) is 9.47 Å². The summed E-state index contributed by atoms with van der Waals surface area (Å²) >= 11 is 0. The number of sulfonamides is 1. The summed E-state index contributed by atoms with van der Waals surface area (Å²) in [5, 5.41) is 0.108. The number of H-pyrrole nitrogens is 2. The van der Waals surface area contributed by atoms with Crippen LogP contribution in [0, 0.1) is 20.8 Å². The number of aryl methyl sites for hydroxylation is 2. The van der Waals surface area contributed by atoms with Gasteiger partial charge in [-0.25, -0.2) is 18.0 Å². The number of carbonyl (C=O) groups excluding carboxylic acids is 3. The molecular formula is C28H27N3O8S. The van der Waals surface area contributed by atoms with Crippen molar-refractivity contribution in [3.8, 4) is 0 Å². The standard InChI is InChI=1S/C28H27N3O8S/c1-14-7-6-8-18(11-14)31-40(36,37)19-9-10-22-20(12-19)21(13-23(32)30-22)27(34)39-17(4)26(33)25-15(2)24(16(3)29-25)28(35)38-5/h6-13,17,29,31H,1-5H3,(H,30,32). The predicted octanol–water partition coefficient (Wildman–Crippen LogP) is 3.80. The lowest BCUT2D eigenvalue weighted by Gasteiger charge is -2.14. The minimum Gasteiger partial charge on any atom is -0.465 e. The topological polar surface area (TPSA) is 164 Å². The van der Waals surface area contributed by atoms with Gasteiger partial charge in [0.15, 0.2) is 6.10 Å². The molecule has 0 spiro atoms. The smallest absolute Gasteiger partial charge is 0.339 e. The largest absolute Gasteiger partial charge is 0.465 e. The Morgan fingerprint density at radius 1 is 0.950 bits per heavy atom. The van der Waals surface area contributed by atoms with Crippen LogP contribution in [0.3, 0.4) is 0 Å². The van der Waals surface area contributed by atoms with E-state index in [9.17, 15) is 27.6 Å². The van der Waals surface area contributed by atoms with E-state index in [1.807, 2.05) is 13.0 Å². The highest BCUT2D eigenvalue weighted by atomic mass is 32.2. The van der Waals surface area contributed by atoms with Crippen LogP contribution in [0.5, 0.6) is 0 Å². The monoisotopic (exact) mass is 565 g/mol. The van der Waals surface area contributed by atoms with Gasteiger partial charge in [0, 0.05) is 28.4 Å². The number of benzene rings is 2. The molecule has 1 unspecified atom stereocenters. The maximum absolute atomic E-state index is 13.2. The van der Waals surface area contributed by atoms with Crippen molar-refractivity contribution >= 4 is 44.3 Å². The van der Waals surface area contributed by atoms with Gasteiger partial charge in [0.2, 0.25) is 11.3 Å². The number of esters is 2. The molecule has 0 amide bonds. The van der Waals surface area contributed by atoms with Crippen molar-refractivity contribution in [2.75, 3.05) is 11.8 Å². The highest BCUT2D eigenvalue weighted by Crippen LogP contribution is 2.25. The Bertz CT molecular complexity index is 1840. The van der Waals surface area contributed by atoms with Crippen LogP contribution in [0.15, 0.2) is 58.2 Å². The van der Waals surface area contributed by atoms with Crippen LogP contribution in [-0.2, 0) is 19.5 Å². The van der Waals surface area contributed by atoms with Crippen molar-refractivity contribution in [3.63, 3.8) is 0 Å². The van der Waals surface area contributed by atoms with Crippen LogP contribution in [0.25, 0.3) is 10.9 Å². The highest BCUT2D eigenvalue weighted by Gasteiger charge is 2.28. The first-order valence-corrected chi connectivity index (χ1v) is 13.6. The molecule has 0 radical (unpaired) electrons. The van der Waals surface area contributed by atoms with Gasteiger partial charge >= 0.3 is 11.9 Å². The zero-order valence-corrected chi connectivity index (χ0v) is 23.2. The number of nitrogens with one attached hydrogen (secondary N) is 3. The first-order valence-electron chi connectivity index (χ1n) is 12.1. The van der Waals surface area contributed by atoms with Gasteiger partial charge in [-0.05, 0) is 69.2 Å². The Kier molecular flexibility index (Phi) is 7.65. The van der Waals surface area contributed by atoms with Gasteiger partial charge in [-0.2, -0.15) is 0 Å². The molecule has 0 bridgehead atoms. The molecule has 0 aliphatic heterocycles. The third-order valence-corrected chi connectivity index (χ3v) is 7.72. The number of hydrogen-bond acceptors (Lipinski definition) is 8. The van der Waals surface area contributed by atoms with Gasteiger partial charge in [0.05, 0.1) is 28.8 Å². The Hall–Kier alpha value is -4.71. The number of hydrogen-bond donors (Lipinski definition) is 3. The molecular weight excluding hydrogens is 538 g/mol. The number of ether oxygens (including phenoxy) is 2. The van der Waals surface area contributed by atoms with E-state index in [1.165, 1.54) is 32.2 Å². The Morgan fingerprint density at radius 2 is 1.68 bits per heavy atom. The van der Waals surface area contributed by atoms with Crippen LogP contribution >= 0.6 is 0 Å². The van der Waals surface area contributed by atoms with E-state index in [0.717, 1.165) is 11.6 Å². The van der Waals surface area contributed by atoms with Crippen molar-refractivity contribution in [1.82, 2.24) is 9.97 Å². The SMILES string of the molecule is COC(=O)c1c(C)[nH]c(C(=O)C(C)OC(=O)c2cc(=O)[nH]c3ccc(S(=O)(=O)Nc4cccc(C)c4)cc23)c1C. The van der Waals surface area contributed by atoms with Gasteiger partial charge < -0.3 is 19.4 Å². The van der Waals surface area contributed by atoms with E-state index < -0.39 is 39.4 Å². The second-order valence-corrected chi connectivity index (χ2v) is 10.9. The first-order chi connectivity index (χ1) is 18.8. The number of ketones is 1. The Labute approximate surface area is 229 Å². The number of aromatic nitrogens is 2. The fourth-order valence-corrected chi connectivity index (χ4v) is 5.45. The van der Waals surface area contributed by atoms with Gasteiger partial charge in [-0.1, -0.05) is 12.1 Å². The molecule has 208 valence electrons. The van der Waals surface area contributed by atoms with Crippen LogP contribution < -0.4 is 10.3 Å². The Balaban J connectivity index is 1.66. The quantitative estimate of drug-likeness (QED) is 0.214. The molecule has 0 fully saturated rings. The lowest BCUT2D eigenvalue weighted by molar-refractivity contribution is 0.0318. The highest BCUT2D eigenvalue weighted by molar-refractivity contribution is 7.92. The van der Waals surface area contributed by atoms with E-state index in [1.54, 1.807) is 32.0 Å². The molecule has 0 aliphatic carbocycles. The molecule has 0 saturated heterocycles. The third-order valence-electron chi connectivity index (χ3n) is 6.34. The molecule has 3 N–H and O–H groups in total. The lowest BCUT2D eigenvalue weighted by atomic mass is 10.1. The molecule has 4 aromatic rings. The molecule has 0 aliphatic rings. The zero-order valence-electron chi connectivity index (χ0n) is 22.4. The lowest BCUT2D eigenvalue weighted by Crippen LogP contribution is -2.26. The number of rotatable bonds is 8. The number of pyridine rings is 1. The number of fused-ring (bicyclic) bond motifs is 1. The van der Waals surface area contributed by atoms with E-state index in [0.29, 0.717) is 16.9 Å².